The Hall–Kier alpha value is -6.68. The summed E-state index contributed by atoms with van der Waals surface area (Å²) in [4.78, 5) is 10.9. The summed E-state index contributed by atoms with van der Waals surface area (Å²) in [5.41, 5.74) is 16.4. The van der Waals surface area contributed by atoms with Gasteiger partial charge in [0.25, 0.3) is 0 Å². The van der Waals surface area contributed by atoms with Crippen molar-refractivity contribution < 1.29 is 0 Å². The molecular weight excluding hydrogens is 693 g/mol. The van der Waals surface area contributed by atoms with Crippen LogP contribution in [0.2, 0.25) is 13.1 Å². The highest BCUT2D eigenvalue weighted by Crippen LogP contribution is 2.56. The Labute approximate surface area is 328 Å². The molecule has 0 atom stereocenters. The zero-order chi connectivity index (χ0) is 37.4. The summed E-state index contributed by atoms with van der Waals surface area (Å²) in [5.74, 6) is 0.753. The lowest BCUT2D eigenvalue weighted by molar-refractivity contribution is 0.769. The second-order valence-corrected chi connectivity index (χ2v) is 20.0. The summed E-state index contributed by atoms with van der Waals surface area (Å²) in [6.45, 7) is 4.94. The first-order valence-electron chi connectivity index (χ1n) is 19.5. The smallest absolute Gasteiger partial charge is 0.160 e. The van der Waals surface area contributed by atoms with Crippen LogP contribution in [-0.4, -0.2) is 18.0 Å². The Morgan fingerprint density at radius 3 is 1.70 bits per heavy atom. The fourth-order valence-electron chi connectivity index (χ4n) is 9.88. The van der Waals surface area contributed by atoms with E-state index in [-0.39, 0.29) is 0 Å². The van der Waals surface area contributed by atoms with Crippen molar-refractivity contribution >= 4 is 29.4 Å². The Morgan fingerprint density at radius 2 is 0.964 bits per heavy atom. The van der Waals surface area contributed by atoms with Crippen LogP contribution in [-0.2, 0) is 5.41 Å². The van der Waals surface area contributed by atoms with Crippen LogP contribution >= 0.6 is 0 Å². The van der Waals surface area contributed by atoms with Crippen molar-refractivity contribution in [1.82, 2.24) is 9.97 Å². The first-order chi connectivity index (χ1) is 27.5. The van der Waals surface area contributed by atoms with Gasteiger partial charge < -0.3 is 0 Å². The third kappa shape index (κ3) is 4.68. The van der Waals surface area contributed by atoms with Gasteiger partial charge in [0.15, 0.2) is 5.82 Å². The summed E-state index contributed by atoms with van der Waals surface area (Å²) < 4.78 is 0. The molecule has 11 rings (SSSR count). The summed E-state index contributed by atoms with van der Waals surface area (Å²) >= 11 is 0. The maximum Gasteiger partial charge on any atom is 0.160 e. The van der Waals surface area contributed by atoms with Gasteiger partial charge in [-0.25, -0.2) is 9.97 Å². The van der Waals surface area contributed by atoms with E-state index in [1.807, 2.05) is 0 Å². The highest BCUT2D eigenvalue weighted by atomic mass is 28.3. The second-order valence-electron chi connectivity index (χ2n) is 15.7. The van der Waals surface area contributed by atoms with Gasteiger partial charge in [0.2, 0.25) is 0 Å². The molecule has 8 aromatic carbocycles. The molecule has 1 aromatic heterocycles. The molecule has 0 N–H and O–H groups in total. The van der Waals surface area contributed by atoms with Gasteiger partial charge in [-0.05, 0) is 78.1 Å². The molecule has 3 heteroatoms. The lowest BCUT2D eigenvalue weighted by atomic mass is 9.67. The predicted molar refractivity (Wildman–Crippen MR) is 235 cm³/mol. The van der Waals surface area contributed by atoms with E-state index in [4.69, 9.17) is 9.97 Å². The third-order valence-corrected chi connectivity index (χ3v) is 15.9. The Kier molecular flexibility index (Phi) is 7.26. The molecule has 0 bridgehead atoms. The molecule has 56 heavy (non-hydrogen) atoms. The van der Waals surface area contributed by atoms with Gasteiger partial charge in [-0.3, -0.25) is 0 Å². The van der Waals surface area contributed by atoms with Gasteiger partial charge in [-0.15, -0.1) is 0 Å². The Morgan fingerprint density at radius 1 is 0.411 bits per heavy atom. The van der Waals surface area contributed by atoms with E-state index in [1.54, 1.807) is 0 Å². The molecule has 0 fully saturated rings. The zero-order valence-corrected chi connectivity index (χ0v) is 32.4. The van der Waals surface area contributed by atoms with Crippen molar-refractivity contribution in [3.8, 4) is 56.0 Å². The molecule has 0 unspecified atom stereocenters. The molecule has 1 aliphatic heterocycles. The lowest BCUT2D eigenvalue weighted by Crippen LogP contribution is -2.49. The van der Waals surface area contributed by atoms with Crippen LogP contribution in [0.1, 0.15) is 22.3 Å². The summed E-state index contributed by atoms with van der Waals surface area (Å²) in [6.07, 6.45) is 0. The largest absolute Gasteiger partial charge is 0.228 e. The van der Waals surface area contributed by atoms with Crippen molar-refractivity contribution in [2.75, 3.05) is 0 Å². The van der Waals surface area contributed by atoms with Crippen LogP contribution in [0.25, 0.3) is 66.9 Å². The van der Waals surface area contributed by atoms with Crippen molar-refractivity contribution in [1.29, 1.82) is 0 Å². The molecule has 0 saturated carbocycles. The molecule has 0 radical (unpaired) electrons. The minimum Gasteiger partial charge on any atom is -0.228 e. The molecule has 1 aliphatic carbocycles. The van der Waals surface area contributed by atoms with E-state index in [9.17, 15) is 0 Å². The van der Waals surface area contributed by atoms with Gasteiger partial charge in [-0.1, -0.05) is 195 Å². The average molecular weight is 731 g/mol. The van der Waals surface area contributed by atoms with Crippen molar-refractivity contribution in [2.24, 2.45) is 0 Å². The monoisotopic (exact) mass is 730 g/mol. The number of rotatable bonds is 5. The molecule has 0 spiro atoms. The molecule has 2 heterocycles. The zero-order valence-electron chi connectivity index (χ0n) is 31.4. The van der Waals surface area contributed by atoms with Gasteiger partial charge in [0, 0.05) is 16.5 Å². The van der Waals surface area contributed by atoms with Crippen LogP contribution in [0.5, 0.6) is 0 Å². The highest BCUT2D eigenvalue weighted by molar-refractivity contribution is 7.05. The quantitative estimate of drug-likeness (QED) is 0.165. The van der Waals surface area contributed by atoms with Crippen LogP contribution in [0.4, 0.5) is 0 Å². The third-order valence-electron chi connectivity index (χ3n) is 12.3. The standard InChI is InChI=1S/C53H38N2Si/c1-56(2)48-30-14-11-27-43(48)44-31-32-45-49(35-17-5-3-6-18-35)54-52(55-50(45)51(44)56)38-21-15-19-36(33-38)37-20-16-24-40(34-37)53(39-22-7-4-8-23-39)46-28-12-9-25-41(46)42-26-10-13-29-47(42)53/h3-34H,1-2H3. The number of benzene rings is 8. The van der Waals surface area contributed by atoms with E-state index < -0.39 is 13.5 Å². The maximum atomic E-state index is 5.52. The topological polar surface area (TPSA) is 25.8 Å². The fraction of sp³-hybridized carbons (Fsp3) is 0.0566. The number of hydrogen-bond acceptors (Lipinski definition) is 2. The molecule has 2 aliphatic rings. The number of fused-ring (bicyclic) bond motifs is 8. The second kappa shape index (κ2) is 12.4. The van der Waals surface area contributed by atoms with Gasteiger partial charge in [-0.2, -0.15) is 0 Å². The Bertz CT molecular complexity index is 2960. The molecule has 264 valence electrons. The molecule has 0 amide bonds. The first-order valence-corrected chi connectivity index (χ1v) is 22.5. The summed E-state index contributed by atoms with van der Waals surface area (Å²) in [5, 5.41) is 4.00. The summed E-state index contributed by atoms with van der Waals surface area (Å²) in [7, 11) is -2.05. The van der Waals surface area contributed by atoms with E-state index in [0.29, 0.717) is 0 Å². The van der Waals surface area contributed by atoms with Crippen molar-refractivity contribution in [3.63, 3.8) is 0 Å². The minimum absolute atomic E-state index is 0.456. The molecular formula is C53H38N2Si. The SMILES string of the molecule is C[Si]1(C)c2ccccc2-c2ccc3c(-c4ccccc4)nc(-c4cccc(-c5cccc(C6(c7ccccc7)c7ccccc7-c7ccccc76)c5)c4)nc3c21. The number of hydrogen-bond donors (Lipinski definition) is 0. The van der Waals surface area contributed by atoms with Crippen LogP contribution in [0, 0.1) is 0 Å². The molecule has 2 nitrogen and oxygen atoms in total. The molecule has 0 saturated heterocycles. The van der Waals surface area contributed by atoms with Crippen LogP contribution < -0.4 is 10.4 Å². The van der Waals surface area contributed by atoms with Crippen LogP contribution in [0.3, 0.4) is 0 Å². The Balaban J connectivity index is 1.10. The van der Waals surface area contributed by atoms with Crippen molar-refractivity contribution in [3.05, 3.63) is 216 Å². The van der Waals surface area contributed by atoms with E-state index >= 15 is 0 Å². The van der Waals surface area contributed by atoms with Gasteiger partial charge in [0.1, 0.15) is 8.07 Å². The van der Waals surface area contributed by atoms with Crippen LogP contribution in [0.15, 0.2) is 194 Å². The average Bonchev–Trinajstić information content (AvgIpc) is 3.70. The predicted octanol–water partition coefficient (Wildman–Crippen LogP) is 11.8. The number of aromatic nitrogens is 2. The van der Waals surface area contributed by atoms with Gasteiger partial charge in [0.05, 0.1) is 16.6 Å². The normalized spacial score (nSPS) is 14.2. The highest BCUT2D eigenvalue weighted by Gasteiger charge is 2.46. The number of nitrogens with zero attached hydrogens (tertiary/aromatic N) is 2. The first kappa shape index (κ1) is 32.7. The van der Waals surface area contributed by atoms with E-state index in [0.717, 1.165) is 44.7 Å². The lowest BCUT2D eigenvalue weighted by Gasteiger charge is -2.34. The minimum atomic E-state index is -2.05. The fourth-order valence-corrected chi connectivity index (χ4v) is 13.2. The maximum absolute atomic E-state index is 5.52. The summed E-state index contributed by atoms with van der Waals surface area (Å²) in [6, 6.07) is 71.0. The molecule has 9 aromatic rings. The van der Waals surface area contributed by atoms with Crippen molar-refractivity contribution in [2.45, 2.75) is 18.5 Å². The van der Waals surface area contributed by atoms with E-state index in [2.05, 4.69) is 207 Å². The van der Waals surface area contributed by atoms with E-state index in [1.165, 1.54) is 54.9 Å². The van der Waals surface area contributed by atoms with Gasteiger partial charge >= 0.3 is 0 Å².